The van der Waals surface area contributed by atoms with Gasteiger partial charge in [0.05, 0.1) is 6.20 Å². The first-order chi connectivity index (χ1) is 9.35. The van der Waals surface area contributed by atoms with Crippen LogP contribution < -0.4 is 5.32 Å². The van der Waals surface area contributed by atoms with Gasteiger partial charge in [-0.05, 0) is 18.1 Å². The van der Waals surface area contributed by atoms with Gasteiger partial charge in [-0.25, -0.2) is 9.97 Å². The first kappa shape index (κ1) is 11.2. The second kappa shape index (κ2) is 4.78. The van der Waals surface area contributed by atoms with Crippen molar-refractivity contribution in [3.8, 4) is 11.8 Å². The lowest BCUT2D eigenvalue weighted by atomic mass is 10.3. The Morgan fingerprint density at radius 2 is 2.11 bits per heavy atom. The summed E-state index contributed by atoms with van der Waals surface area (Å²) in [5.74, 6) is 7.01. The van der Waals surface area contributed by atoms with Crippen molar-refractivity contribution in [3.63, 3.8) is 0 Å². The van der Waals surface area contributed by atoms with Gasteiger partial charge in [0.1, 0.15) is 11.3 Å². The summed E-state index contributed by atoms with van der Waals surface area (Å²) < 4.78 is 5.48. The van der Waals surface area contributed by atoms with Crippen LogP contribution in [0.5, 0.6) is 0 Å². The molecule has 0 fully saturated rings. The molecule has 3 rings (SSSR count). The van der Waals surface area contributed by atoms with Crippen LogP contribution in [0.25, 0.3) is 11.1 Å². The second-order valence-corrected chi connectivity index (χ2v) is 3.79. The molecule has 0 aliphatic rings. The molecule has 0 amide bonds. The van der Waals surface area contributed by atoms with Gasteiger partial charge in [-0.3, -0.25) is 4.98 Å². The fourth-order valence-electron chi connectivity index (χ4n) is 1.57. The molecule has 0 saturated carbocycles. The lowest BCUT2D eigenvalue weighted by molar-refractivity contribution is 0.586. The zero-order chi connectivity index (χ0) is 13.1. The normalized spacial score (nSPS) is 9.95. The molecule has 1 N–H and O–H groups in total. The number of oxazole rings is 1. The van der Waals surface area contributed by atoms with Gasteiger partial charge in [-0.2, -0.15) is 0 Å². The minimum atomic E-state index is 0.376. The molecule has 92 valence electrons. The van der Waals surface area contributed by atoms with Crippen LogP contribution in [-0.4, -0.2) is 22.0 Å². The molecular weight excluding hydrogens is 240 g/mol. The topological polar surface area (TPSA) is 63.8 Å². The molecule has 3 aromatic heterocycles. The van der Waals surface area contributed by atoms with E-state index < -0.39 is 0 Å². The van der Waals surface area contributed by atoms with Gasteiger partial charge in [0, 0.05) is 31.1 Å². The Labute approximate surface area is 109 Å². The highest BCUT2D eigenvalue weighted by Crippen LogP contribution is 2.12. The molecule has 0 atom stereocenters. The van der Waals surface area contributed by atoms with Crippen molar-refractivity contribution in [2.45, 2.75) is 0 Å². The van der Waals surface area contributed by atoms with Gasteiger partial charge in [-0.15, -0.1) is 0 Å². The molecule has 0 spiro atoms. The summed E-state index contributed by atoms with van der Waals surface area (Å²) in [6.07, 6.45) is 5.00. The smallest absolute Gasteiger partial charge is 0.274 e. The minimum absolute atomic E-state index is 0.376. The Morgan fingerprint density at radius 1 is 1.16 bits per heavy atom. The molecule has 0 saturated heterocycles. The van der Waals surface area contributed by atoms with Gasteiger partial charge in [0.25, 0.3) is 5.89 Å². The lowest BCUT2D eigenvalue weighted by Gasteiger charge is -1.96. The monoisotopic (exact) mass is 250 g/mol. The van der Waals surface area contributed by atoms with Crippen molar-refractivity contribution in [2.24, 2.45) is 0 Å². The van der Waals surface area contributed by atoms with Gasteiger partial charge in [0.15, 0.2) is 5.58 Å². The number of nitrogens with zero attached hydrogens (tertiary/aromatic N) is 3. The summed E-state index contributed by atoms with van der Waals surface area (Å²) in [4.78, 5) is 12.4. The fourth-order valence-corrected chi connectivity index (χ4v) is 1.57. The van der Waals surface area contributed by atoms with Crippen LogP contribution in [0.1, 0.15) is 11.5 Å². The van der Waals surface area contributed by atoms with Crippen molar-refractivity contribution < 1.29 is 4.42 Å². The maximum absolute atomic E-state index is 5.48. The fraction of sp³-hybridized carbons (Fsp3) is 0.0714. The van der Waals surface area contributed by atoms with Crippen molar-refractivity contribution in [1.29, 1.82) is 0 Å². The Morgan fingerprint density at radius 3 is 2.84 bits per heavy atom. The van der Waals surface area contributed by atoms with Crippen molar-refractivity contribution in [2.75, 3.05) is 12.4 Å². The highest BCUT2D eigenvalue weighted by molar-refractivity contribution is 5.71. The van der Waals surface area contributed by atoms with Crippen LogP contribution in [0.3, 0.4) is 0 Å². The van der Waals surface area contributed by atoms with E-state index in [1.165, 1.54) is 0 Å². The van der Waals surface area contributed by atoms with Crippen LogP contribution in [0.15, 0.2) is 41.2 Å². The number of aromatic nitrogens is 3. The van der Waals surface area contributed by atoms with Crippen LogP contribution in [0.2, 0.25) is 0 Å². The molecule has 0 aromatic carbocycles. The molecular formula is C14H10N4O. The van der Waals surface area contributed by atoms with Crippen molar-refractivity contribution in [3.05, 3.63) is 48.2 Å². The van der Waals surface area contributed by atoms with Crippen LogP contribution >= 0.6 is 0 Å². The summed E-state index contributed by atoms with van der Waals surface area (Å²) in [6, 6.07) is 5.51. The third-order valence-corrected chi connectivity index (χ3v) is 2.52. The van der Waals surface area contributed by atoms with Gasteiger partial charge >= 0.3 is 0 Å². The molecule has 19 heavy (non-hydrogen) atoms. The molecule has 5 heteroatoms. The summed E-state index contributed by atoms with van der Waals surface area (Å²) >= 11 is 0. The predicted octanol–water partition coefficient (Wildman–Crippen LogP) is 2.06. The van der Waals surface area contributed by atoms with Crippen LogP contribution in [-0.2, 0) is 0 Å². The molecule has 0 unspecified atom stereocenters. The molecule has 0 aliphatic heterocycles. The van der Waals surface area contributed by atoms with E-state index in [-0.39, 0.29) is 0 Å². The summed E-state index contributed by atoms with van der Waals surface area (Å²) in [5, 5.41) is 2.95. The number of hydrogen-bond donors (Lipinski definition) is 1. The predicted molar refractivity (Wildman–Crippen MR) is 71.6 cm³/mol. The van der Waals surface area contributed by atoms with E-state index in [0.29, 0.717) is 17.0 Å². The number of rotatable bonds is 1. The zero-order valence-electron chi connectivity index (χ0n) is 10.2. The Bertz CT molecular complexity index is 732. The number of anilines is 1. The Kier molecular flexibility index (Phi) is 2.83. The molecule has 3 aromatic rings. The van der Waals surface area contributed by atoms with Crippen molar-refractivity contribution in [1.82, 2.24) is 15.0 Å². The molecule has 3 heterocycles. The molecule has 0 bridgehead atoms. The highest BCUT2D eigenvalue weighted by atomic mass is 16.3. The van der Waals surface area contributed by atoms with Gasteiger partial charge < -0.3 is 9.73 Å². The third kappa shape index (κ3) is 2.38. The quantitative estimate of drug-likeness (QED) is 0.670. The second-order valence-electron chi connectivity index (χ2n) is 3.79. The van der Waals surface area contributed by atoms with Crippen LogP contribution in [0, 0.1) is 11.8 Å². The zero-order valence-corrected chi connectivity index (χ0v) is 10.2. The number of hydrogen-bond acceptors (Lipinski definition) is 5. The SMILES string of the molecule is CNc1ccc(C#Cc2nc3cnccc3o2)cn1. The van der Waals surface area contributed by atoms with E-state index in [1.54, 1.807) is 24.7 Å². The maximum Gasteiger partial charge on any atom is 0.274 e. The Hall–Kier alpha value is -2.87. The van der Waals surface area contributed by atoms with Gasteiger partial charge in [0.2, 0.25) is 0 Å². The van der Waals surface area contributed by atoms with E-state index in [1.807, 2.05) is 19.2 Å². The average molecular weight is 250 g/mol. The van der Waals surface area contributed by atoms with E-state index in [4.69, 9.17) is 4.42 Å². The minimum Gasteiger partial charge on any atom is -0.430 e. The van der Waals surface area contributed by atoms with E-state index >= 15 is 0 Å². The van der Waals surface area contributed by atoms with Gasteiger partial charge in [-0.1, -0.05) is 5.92 Å². The lowest BCUT2D eigenvalue weighted by Crippen LogP contribution is -1.91. The first-order valence-electron chi connectivity index (χ1n) is 5.71. The maximum atomic E-state index is 5.48. The van der Waals surface area contributed by atoms with E-state index in [0.717, 1.165) is 11.4 Å². The summed E-state index contributed by atoms with van der Waals surface area (Å²) in [5.41, 5.74) is 2.19. The summed E-state index contributed by atoms with van der Waals surface area (Å²) in [6.45, 7) is 0. The highest BCUT2D eigenvalue weighted by Gasteiger charge is 2.01. The summed E-state index contributed by atoms with van der Waals surface area (Å²) in [7, 11) is 1.82. The first-order valence-corrected chi connectivity index (χ1v) is 5.71. The molecule has 5 nitrogen and oxygen atoms in total. The number of fused-ring (bicyclic) bond motifs is 1. The number of nitrogens with one attached hydrogen (secondary N) is 1. The molecule has 0 radical (unpaired) electrons. The standard InChI is InChI=1S/C14H10N4O/c1-15-13-4-2-10(8-17-13)3-5-14-18-11-9-16-7-6-12(11)19-14/h2,4,6-9H,1H3,(H,15,17). The third-order valence-electron chi connectivity index (χ3n) is 2.52. The Balaban J connectivity index is 1.89. The average Bonchev–Trinajstić information content (AvgIpc) is 2.88. The van der Waals surface area contributed by atoms with E-state index in [2.05, 4.69) is 32.1 Å². The molecule has 0 aliphatic carbocycles. The number of pyridine rings is 2. The van der Waals surface area contributed by atoms with Crippen molar-refractivity contribution >= 4 is 16.9 Å². The van der Waals surface area contributed by atoms with E-state index in [9.17, 15) is 0 Å². The largest absolute Gasteiger partial charge is 0.430 e. The van der Waals surface area contributed by atoms with Crippen LogP contribution in [0.4, 0.5) is 5.82 Å².